The summed E-state index contributed by atoms with van der Waals surface area (Å²) in [5.74, 6) is -1.65. The third kappa shape index (κ3) is 6.43. The Morgan fingerprint density at radius 1 is 1.04 bits per heavy atom. The minimum atomic E-state index is -0.787. The molecule has 6 nitrogen and oxygen atoms in total. The zero-order chi connectivity index (χ0) is 19.8. The molecule has 27 heavy (non-hydrogen) atoms. The highest BCUT2D eigenvalue weighted by Gasteiger charge is 2.15. The molecule has 2 aromatic carbocycles. The van der Waals surface area contributed by atoms with Gasteiger partial charge in [0.15, 0.2) is 6.61 Å². The summed E-state index contributed by atoms with van der Waals surface area (Å²) in [6.07, 6.45) is 1.49. The summed E-state index contributed by atoms with van der Waals surface area (Å²) in [5, 5.41) is 5.15. The fourth-order valence-corrected chi connectivity index (χ4v) is 2.32. The molecule has 2 amide bonds. The molecule has 2 N–H and O–H groups in total. The quantitative estimate of drug-likeness (QED) is 0.608. The molecule has 0 aromatic heterocycles. The summed E-state index contributed by atoms with van der Waals surface area (Å²) >= 11 is 0. The molecule has 0 saturated heterocycles. The Hall–Kier alpha value is -3.41. The summed E-state index contributed by atoms with van der Waals surface area (Å²) < 4.78 is 5.05. The average Bonchev–Trinajstić information content (AvgIpc) is 2.62. The van der Waals surface area contributed by atoms with Gasteiger partial charge < -0.3 is 15.4 Å². The lowest BCUT2D eigenvalue weighted by Crippen LogP contribution is -2.29. The molecule has 0 saturated carbocycles. The highest BCUT2D eigenvalue weighted by Crippen LogP contribution is 2.16. The monoisotopic (exact) mass is 366 g/mol. The predicted octanol–water partition coefficient (Wildman–Crippen LogP) is 2.96. The van der Waals surface area contributed by atoms with Crippen LogP contribution in [0.3, 0.4) is 0 Å². The van der Waals surface area contributed by atoms with Gasteiger partial charge >= 0.3 is 5.97 Å². The number of hydrogen-bond acceptors (Lipinski definition) is 4. The van der Waals surface area contributed by atoms with E-state index in [1.807, 2.05) is 38.1 Å². The highest BCUT2D eigenvalue weighted by atomic mass is 16.5. The summed E-state index contributed by atoms with van der Waals surface area (Å²) in [4.78, 5) is 35.7. The molecule has 0 unspecified atom stereocenters. The standard InChI is InChI=1S/C21H22N2O4/c1-14-9-10-15(2)18(11-14)23-20(25)13-27-21(26)19(22-16(3)24)12-17-7-5-4-6-8-17/h4-12H,13H2,1-3H3,(H,22,24)(H,23,25)/b19-12-. The van der Waals surface area contributed by atoms with Gasteiger partial charge in [0.1, 0.15) is 5.70 Å². The fraction of sp³-hybridized carbons (Fsp3) is 0.190. The van der Waals surface area contributed by atoms with Crippen molar-refractivity contribution in [3.8, 4) is 0 Å². The van der Waals surface area contributed by atoms with E-state index in [4.69, 9.17) is 4.74 Å². The zero-order valence-electron chi connectivity index (χ0n) is 15.5. The number of aryl methyl sites for hydroxylation is 2. The first-order chi connectivity index (χ1) is 12.8. The van der Waals surface area contributed by atoms with Gasteiger partial charge in [0.2, 0.25) is 5.91 Å². The van der Waals surface area contributed by atoms with Crippen molar-refractivity contribution in [2.75, 3.05) is 11.9 Å². The Bertz CT molecular complexity index is 873. The summed E-state index contributed by atoms with van der Waals surface area (Å²) in [6.45, 7) is 4.62. The van der Waals surface area contributed by atoms with Crippen LogP contribution in [0.25, 0.3) is 6.08 Å². The van der Waals surface area contributed by atoms with E-state index >= 15 is 0 Å². The largest absolute Gasteiger partial charge is 0.451 e. The molecule has 0 fully saturated rings. The second kappa shape index (κ2) is 9.33. The average molecular weight is 366 g/mol. The number of amides is 2. The van der Waals surface area contributed by atoms with Crippen LogP contribution in [0.4, 0.5) is 5.69 Å². The zero-order valence-corrected chi connectivity index (χ0v) is 15.5. The molecule has 6 heteroatoms. The molecule has 0 bridgehead atoms. The lowest BCUT2D eigenvalue weighted by atomic mass is 10.1. The number of rotatable bonds is 6. The fourth-order valence-electron chi connectivity index (χ4n) is 2.32. The third-order valence-corrected chi connectivity index (χ3v) is 3.64. The van der Waals surface area contributed by atoms with Crippen LogP contribution in [0.1, 0.15) is 23.6 Å². The van der Waals surface area contributed by atoms with Crippen molar-refractivity contribution in [2.45, 2.75) is 20.8 Å². The van der Waals surface area contributed by atoms with Gasteiger partial charge in [0, 0.05) is 12.6 Å². The van der Waals surface area contributed by atoms with Gasteiger partial charge in [-0.3, -0.25) is 9.59 Å². The molecule has 0 radical (unpaired) electrons. The van der Waals surface area contributed by atoms with Crippen molar-refractivity contribution in [1.82, 2.24) is 5.32 Å². The van der Waals surface area contributed by atoms with Gasteiger partial charge in [0.05, 0.1) is 0 Å². The first kappa shape index (κ1) is 19.9. The number of hydrogen-bond donors (Lipinski definition) is 2. The maximum Gasteiger partial charge on any atom is 0.355 e. The normalized spacial score (nSPS) is 10.9. The predicted molar refractivity (Wildman–Crippen MR) is 104 cm³/mol. The molecular formula is C21H22N2O4. The number of carbonyl (C=O) groups excluding carboxylic acids is 3. The van der Waals surface area contributed by atoms with Gasteiger partial charge in [-0.1, -0.05) is 42.5 Å². The van der Waals surface area contributed by atoms with Gasteiger partial charge in [-0.25, -0.2) is 4.79 Å². The molecule has 0 aliphatic rings. The maximum atomic E-state index is 12.3. The van der Waals surface area contributed by atoms with Crippen LogP contribution in [-0.2, 0) is 19.1 Å². The van der Waals surface area contributed by atoms with Crippen LogP contribution in [0.5, 0.6) is 0 Å². The summed E-state index contributed by atoms with van der Waals surface area (Å²) in [6, 6.07) is 14.7. The molecule has 0 heterocycles. The van der Waals surface area contributed by atoms with Gasteiger partial charge in [-0.05, 0) is 42.7 Å². The third-order valence-electron chi connectivity index (χ3n) is 3.64. The van der Waals surface area contributed by atoms with Crippen LogP contribution < -0.4 is 10.6 Å². The van der Waals surface area contributed by atoms with Crippen LogP contribution in [0.15, 0.2) is 54.2 Å². The first-order valence-electron chi connectivity index (χ1n) is 8.43. The molecule has 2 aromatic rings. The maximum absolute atomic E-state index is 12.3. The summed E-state index contributed by atoms with van der Waals surface area (Å²) in [5.41, 5.74) is 3.26. The number of anilines is 1. The number of nitrogens with one attached hydrogen (secondary N) is 2. The lowest BCUT2D eigenvalue weighted by molar-refractivity contribution is -0.144. The van der Waals surface area contributed by atoms with Gasteiger partial charge in [-0.15, -0.1) is 0 Å². The van der Waals surface area contributed by atoms with Crippen molar-refractivity contribution in [3.05, 3.63) is 70.9 Å². The first-order valence-corrected chi connectivity index (χ1v) is 8.43. The highest BCUT2D eigenvalue weighted by molar-refractivity contribution is 5.99. The van der Waals surface area contributed by atoms with Crippen molar-refractivity contribution >= 4 is 29.5 Å². The van der Waals surface area contributed by atoms with Crippen molar-refractivity contribution in [3.63, 3.8) is 0 Å². The van der Waals surface area contributed by atoms with E-state index in [0.29, 0.717) is 5.69 Å². The van der Waals surface area contributed by atoms with Crippen LogP contribution in [0.2, 0.25) is 0 Å². The number of benzene rings is 2. The Balaban J connectivity index is 2.02. The topological polar surface area (TPSA) is 84.5 Å². The van der Waals surface area contributed by atoms with Crippen LogP contribution in [-0.4, -0.2) is 24.4 Å². The van der Waals surface area contributed by atoms with Crippen LogP contribution >= 0.6 is 0 Å². The van der Waals surface area contributed by atoms with E-state index in [1.165, 1.54) is 13.0 Å². The number of ether oxygens (including phenoxy) is 1. The van der Waals surface area contributed by atoms with Gasteiger partial charge in [-0.2, -0.15) is 0 Å². The smallest absolute Gasteiger partial charge is 0.355 e. The summed E-state index contributed by atoms with van der Waals surface area (Å²) in [7, 11) is 0. The van der Waals surface area contributed by atoms with E-state index in [0.717, 1.165) is 16.7 Å². The molecule has 2 rings (SSSR count). The molecule has 140 valence electrons. The molecular weight excluding hydrogens is 344 g/mol. The number of carbonyl (C=O) groups is 3. The van der Waals surface area contributed by atoms with E-state index in [-0.39, 0.29) is 5.70 Å². The number of esters is 1. The second-order valence-electron chi connectivity index (χ2n) is 6.09. The Morgan fingerprint density at radius 2 is 1.74 bits per heavy atom. The molecule has 0 aliphatic heterocycles. The molecule has 0 atom stereocenters. The Labute approximate surface area is 158 Å². The van der Waals surface area contributed by atoms with E-state index in [2.05, 4.69) is 10.6 Å². The van der Waals surface area contributed by atoms with E-state index in [1.54, 1.807) is 24.3 Å². The van der Waals surface area contributed by atoms with Crippen molar-refractivity contribution in [1.29, 1.82) is 0 Å². The molecule has 0 aliphatic carbocycles. The lowest BCUT2D eigenvalue weighted by Gasteiger charge is -2.11. The second-order valence-corrected chi connectivity index (χ2v) is 6.09. The van der Waals surface area contributed by atoms with Crippen molar-refractivity contribution in [2.24, 2.45) is 0 Å². The van der Waals surface area contributed by atoms with E-state index in [9.17, 15) is 14.4 Å². The Kier molecular flexibility index (Phi) is 6.88. The molecule has 0 spiro atoms. The Morgan fingerprint density at radius 3 is 2.41 bits per heavy atom. The van der Waals surface area contributed by atoms with Gasteiger partial charge in [0.25, 0.3) is 5.91 Å². The minimum Gasteiger partial charge on any atom is -0.451 e. The van der Waals surface area contributed by atoms with E-state index < -0.39 is 24.4 Å². The minimum absolute atomic E-state index is 0.0340. The SMILES string of the molecule is CC(=O)N/C(=C\c1ccccc1)C(=O)OCC(=O)Nc1cc(C)ccc1C. The van der Waals surface area contributed by atoms with Crippen molar-refractivity contribution < 1.29 is 19.1 Å². The van der Waals surface area contributed by atoms with Crippen LogP contribution in [0, 0.1) is 13.8 Å².